The van der Waals surface area contributed by atoms with Gasteiger partial charge in [0.25, 0.3) is 0 Å². The Bertz CT molecular complexity index is 599. The molecule has 7 heteroatoms. The van der Waals surface area contributed by atoms with Gasteiger partial charge in [-0.2, -0.15) is 13.2 Å². The Kier molecular flexibility index (Phi) is 5.51. The summed E-state index contributed by atoms with van der Waals surface area (Å²) in [7, 11) is 0. The van der Waals surface area contributed by atoms with Crippen molar-refractivity contribution in [1.82, 2.24) is 15.1 Å². The molecule has 0 bridgehead atoms. The highest BCUT2D eigenvalue weighted by molar-refractivity contribution is 5.74. The molecule has 2 heterocycles. The van der Waals surface area contributed by atoms with Crippen molar-refractivity contribution < 1.29 is 18.0 Å². The standard InChI is InChI=1S/C18H24F3N3O/c19-18(20,21)16-7-3-2-6-14(16)12-22-17(25)24-11-8-15(13-24)23-9-4-1-5-10-23/h2-3,6-7,15H,1,4-5,8-13H2,(H,22,25)/t15-/m1/s1. The zero-order valence-electron chi connectivity index (χ0n) is 14.2. The zero-order valence-corrected chi connectivity index (χ0v) is 14.2. The molecule has 1 atom stereocenters. The molecule has 25 heavy (non-hydrogen) atoms. The van der Waals surface area contributed by atoms with Crippen LogP contribution in [0.5, 0.6) is 0 Å². The number of hydrogen-bond donors (Lipinski definition) is 1. The van der Waals surface area contributed by atoms with E-state index in [1.54, 1.807) is 11.0 Å². The van der Waals surface area contributed by atoms with E-state index in [-0.39, 0.29) is 18.1 Å². The number of benzene rings is 1. The van der Waals surface area contributed by atoms with Crippen LogP contribution in [-0.4, -0.2) is 48.1 Å². The number of carbonyl (C=O) groups excluding carboxylic acids is 1. The number of urea groups is 1. The molecule has 2 amide bonds. The molecule has 0 aliphatic carbocycles. The fourth-order valence-corrected chi connectivity index (χ4v) is 3.74. The monoisotopic (exact) mass is 355 g/mol. The van der Waals surface area contributed by atoms with Gasteiger partial charge in [0.2, 0.25) is 0 Å². The van der Waals surface area contributed by atoms with Crippen LogP contribution >= 0.6 is 0 Å². The minimum atomic E-state index is -4.41. The third-order valence-electron chi connectivity index (χ3n) is 5.11. The minimum absolute atomic E-state index is 0.0927. The SMILES string of the molecule is O=C(NCc1ccccc1C(F)(F)F)N1CC[C@@H](N2CCCCC2)C1. The van der Waals surface area contributed by atoms with Gasteiger partial charge in [0, 0.05) is 25.7 Å². The van der Waals surface area contributed by atoms with Crippen LogP contribution in [0.4, 0.5) is 18.0 Å². The molecule has 1 N–H and O–H groups in total. The molecule has 2 saturated heterocycles. The number of amides is 2. The Labute approximate surface area is 146 Å². The molecular weight excluding hydrogens is 331 g/mol. The predicted molar refractivity (Wildman–Crippen MR) is 89.1 cm³/mol. The number of hydrogen-bond acceptors (Lipinski definition) is 2. The van der Waals surface area contributed by atoms with Gasteiger partial charge in [0.15, 0.2) is 0 Å². The molecular formula is C18H24F3N3O. The highest BCUT2D eigenvalue weighted by Gasteiger charge is 2.34. The van der Waals surface area contributed by atoms with Gasteiger partial charge in [0.1, 0.15) is 0 Å². The van der Waals surface area contributed by atoms with Gasteiger partial charge in [-0.15, -0.1) is 0 Å². The Balaban J connectivity index is 1.54. The molecule has 2 fully saturated rings. The third kappa shape index (κ3) is 4.45. The summed E-state index contributed by atoms with van der Waals surface area (Å²) in [5, 5.41) is 2.65. The highest BCUT2D eigenvalue weighted by atomic mass is 19.4. The summed E-state index contributed by atoms with van der Waals surface area (Å²) < 4.78 is 39.0. The lowest BCUT2D eigenvalue weighted by Crippen LogP contribution is -2.43. The van der Waals surface area contributed by atoms with Crippen molar-refractivity contribution in [3.05, 3.63) is 35.4 Å². The van der Waals surface area contributed by atoms with E-state index in [9.17, 15) is 18.0 Å². The van der Waals surface area contributed by atoms with Crippen LogP contribution in [0, 0.1) is 0 Å². The molecule has 138 valence electrons. The summed E-state index contributed by atoms with van der Waals surface area (Å²) in [5.74, 6) is 0. The summed E-state index contributed by atoms with van der Waals surface area (Å²) in [5.41, 5.74) is -0.599. The van der Waals surface area contributed by atoms with E-state index in [1.165, 1.54) is 31.4 Å². The summed E-state index contributed by atoms with van der Waals surface area (Å²) in [6.45, 7) is 3.37. The van der Waals surface area contributed by atoms with Crippen molar-refractivity contribution in [3.8, 4) is 0 Å². The Morgan fingerprint density at radius 3 is 2.56 bits per heavy atom. The zero-order chi connectivity index (χ0) is 17.9. The lowest BCUT2D eigenvalue weighted by Gasteiger charge is -2.32. The molecule has 4 nitrogen and oxygen atoms in total. The molecule has 1 aromatic carbocycles. The first-order chi connectivity index (χ1) is 11.9. The van der Waals surface area contributed by atoms with E-state index in [1.807, 2.05) is 0 Å². The van der Waals surface area contributed by atoms with Gasteiger partial charge in [-0.1, -0.05) is 24.6 Å². The van der Waals surface area contributed by atoms with Crippen LogP contribution < -0.4 is 5.32 Å². The molecule has 1 aromatic rings. The second-order valence-corrected chi connectivity index (χ2v) is 6.80. The van der Waals surface area contributed by atoms with E-state index in [0.717, 1.165) is 25.6 Å². The largest absolute Gasteiger partial charge is 0.416 e. The first kappa shape index (κ1) is 18.0. The van der Waals surface area contributed by atoms with E-state index < -0.39 is 11.7 Å². The average molecular weight is 355 g/mol. The molecule has 0 radical (unpaired) electrons. The maximum absolute atomic E-state index is 13.0. The third-order valence-corrected chi connectivity index (χ3v) is 5.11. The van der Waals surface area contributed by atoms with Gasteiger partial charge < -0.3 is 10.2 Å². The molecule has 0 spiro atoms. The Morgan fingerprint density at radius 2 is 1.84 bits per heavy atom. The predicted octanol–water partition coefficient (Wildman–Crippen LogP) is 3.48. The van der Waals surface area contributed by atoms with Gasteiger partial charge in [-0.05, 0) is 44.0 Å². The van der Waals surface area contributed by atoms with Crippen LogP contribution in [0.3, 0.4) is 0 Å². The number of nitrogens with zero attached hydrogens (tertiary/aromatic N) is 2. The van der Waals surface area contributed by atoms with Crippen molar-refractivity contribution in [1.29, 1.82) is 0 Å². The Morgan fingerprint density at radius 1 is 1.12 bits per heavy atom. The van der Waals surface area contributed by atoms with E-state index in [0.29, 0.717) is 19.1 Å². The quantitative estimate of drug-likeness (QED) is 0.901. The second-order valence-electron chi connectivity index (χ2n) is 6.80. The average Bonchev–Trinajstić information content (AvgIpc) is 3.10. The van der Waals surface area contributed by atoms with Crippen LogP contribution in [0.25, 0.3) is 0 Å². The van der Waals surface area contributed by atoms with Crippen LogP contribution in [0.1, 0.15) is 36.8 Å². The van der Waals surface area contributed by atoms with Gasteiger partial charge in [0.05, 0.1) is 5.56 Å². The number of piperidine rings is 1. The molecule has 3 rings (SSSR count). The first-order valence-electron chi connectivity index (χ1n) is 8.87. The van der Waals surface area contributed by atoms with Crippen molar-refractivity contribution in [2.45, 2.75) is 44.4 Å². The fraction of sp³-hybridized carbons (Fsp3) is 0.611. The first-order valence-corrected chi connectivity index (χ1v) is 8.87. The smallest absolute Gasteiger partial charge is 0.334 e. The topological polar surface area (TPSA) is 35.6 Å². The van der Waals surface area contributed by atoms with Crippen molar-refractivity contribution in [2.24, 2.45) is 0 Å². The van der Waals surface area contributed by atoms with Gasteiger partial charge >= 0.3 is 12.2 Å². The maximum Gasteiger partial charge on any atom is 0.416 e. The Hall–Kier alpha value is -1.76. The fourth-order valence-electron chi connectivity index (χ4n) is 3.74. The number of nitrogens with one attached hydrogen (secondary N) is 1. The van der Waals surface area contributed by atoms with E-state index >= 15 is 0 Å². The summed E-state index contributed by atoms with van der Waals surface area (Å²) >= 11 is 0. The molecule has 0 aromatic heterocycles. The number of halogens is 3. The van der Waals surface area contributed by atoms with E-state index in [4.69, 9.17) is 0 Å². The van der Waals surface area contributed by atoms with Crippen LogP contribution in [0.2, 0.25) is 0 Å². The van der Waals surface area contributed by atoms with Gasteiger partial charge in [-0.3, -0.25) is 4.90 Å². The highest BCUT2D eigenvalue weighted by Crippen LogP contribution is 2.31. The lowest BCUT2D eigenvalue weighted by atomic mass is 10.1. The molecule has 0 saturated carbocycles. The number of likely N-dealkylation sites (tertiary alicyclic amines) is 2. The van der Waals surface area contributed by atoms with Crippen molar-refractivity contribution in [2.75, 3.05) is 26.2 Å². The van der Waals surface area contributed by atoms with E-state index in [2.05, 4.69) is 10.2 Å². The van der Waals surface area contributed by atoms with Crippen molar-refractivity contribution in [3.63, 3.8) is 0 Å². The van der Waals surface area contributed by atoms with Crippen LogP contribution in [0.15, 0.2) is 24.3 Å². The van der Waals surface area contributed by atoms with Crippen molar-refractivity contribution >= 4 is 6.03 Å². The second kappa shape index (κ2) is 7.64. The summed E-state index contributed by atoms with van der Waals surface area (Å²) in [6, 6.07) is 5.47. The van der Waals surface area contributed by atoms with Crippen LogP contribution in [-0.2, 0) is 12.7 Å². The lowest BCUT2D eigenvalue weighted by molar-refractivity contribution is -0.138. The van der Waals surface area contributed by atoms with Gasteiger partial charge in [-0.25, -0.2) is 4.79 Å². The normalized spacial score (nSPS) is 22.2. The molecule has 2 aliphatic rings. The minimum Gasteiger partial charge on any atom is -0.334 e. The summed E-state index contributed by atoms with van der Waals surface area (Å²) in [6.07, 6.45) is 0.209. The number of carbonyl (C=O) groups is 1. The maximum atomic E-state index is 13.0. The number of alkyl halides is 3. The molecule has 2 aliphatic heterocycles. The molecule has 0 unspecified atom stereocenters. The summed E-state index contributed by atoms with van der Waals surface area (Å²) in [4.78, 5) is 16.5. The number of rotatable bonds is 3.